The summed E-state index contributed by atoms with van der Waals surface area (Å²) in [5.74, 6) is 0. The molecule has 0 aromatic rings. The Morgan fingerprint density at radius 2 is 1.33 bits per heavy atom. The van der Waals surface area contributed by atoms with Gasteiger partial charge in [-0.05, 0) is 0 Å². The Labute approximate surface area is 67.1 Å². The quantitative estimate of drug-likeness (QED) is 0.529. The maximum Gasteiger partial charge on any atom is 0 e. The maximum atomic E-state index is 8.76. The van der Waals surface area contributed by atoms with Gasteiger partial charge < -0.3 is 0 Å². The molecular formula is H4CdO3SSe. The van der Waals surface area contributed by atoms with Gasteiger partial charge in [-0.3, -0.25) is 0 Å². The third kappa shape index (κ3) is 49.1. The molecule has 0 saturated carbocycles. The summed E-state index contributed by atoms with van der Waals surface area (Å²) in [4.78, 5) is 0. The second-order valence-corrected chi connectivity index (χ2v) is 1.20. The first kappa shape index (κ1) is 15.6. The molecule has 0 aliphatic rings. The number of hydrogen-bond donors (Lipinski definition) is 2. The molecule has 36 valence electrons. The fourth-order valence-electron chi connectivity index (χ4n) is 0. The molecule has 0 aliphatic heterocycles. The standard InChI is InChI=1S/Cd.H2O3Se.H2S/c;1-4(2)3;/h;(H2,1,2,3);1H2. The topological polar surface area (TPSA) is 57.5 Å². The van der Waals surface area contributed by atoms with Crippen molar-refractivity contribution >= 4 is 28.0 Å². The first-order valence-electron chi connectivity index (χ1n) is 0.532. The van der Waals surface area contributed by atoms with Gasteiger partial charge in [0.15, 0.2) is 0 Å². The van der Waals surface area contributed by atoms with Crippen LogP contribution in [0.1, 0.15) is 0 Å². The molecule has 0 aromatic carbocycles. The SMILES string of the molecule is O=[Se](O)O.S.[Cd]. The van der Waals surface area contributed by atoms with Crippen molar-refractivity contribution in [3.63, 3.8) is 0 Å². The second kappa shape index (κ2) is 9.72. The van der Waals surface area contributed by atoms with E-state index in [1.165, 1.54) is 0 Å². The van der Waals surface area contributed by atoms with Gasteiger partial charge in [-0.2, -0.15) is 13.5 Å². The summed E-state index contributed by atoms with van der Waals surface area (Å²) < 4.78 is 23.1. The Bertz CT molecular complexity index is 33.8. The van der Waals surface area contributed by atoms with E-state index in [0.717, 1.165) is 0 Å². The minimum Gasteiger partial charge on any atom is -0.197 e. The van der Waals surface area contributed by atoms with Crippen LogP contribution < -0.4 is 0 Å². The molecule has 0 bridgehead atoms. The minimum absolute atomic E-state index is 0. The van der Waals surface area contributed by atoms with Crippen LogP contribution in [-0.2, 0) is 31.1 Å². The van der Waals surface area contributed by atoms with Crippen LogP contribution in [-0.4, -0.2) is 22.9 Å². The van der Waals surface area contributed by atoms with E-state index in [1.807, 2.05) is 0 Å². The van der Waals surface area contributed by atoms with Crippen LogP contribution in [0.2, 0.25) is 0 Å². The molecule has 0 amide bonds. The Kier molecular flexibility index (Phi) is 25.3. The predicted octanol–water partition coefficient (Wildman–Crippen LogP) is -1.50. The Morgan fingerprint density at radius 3 is 1.33 bits per heavy atom. The van der Waals surface area contributed by atoms with E-state index >= 15 is 0 Å². The summed E-state index contributed by atoms with van der Waals surface area (Å²) in [6, 6.07) is 0. The molecule has 6 heavy (non-hydrogen) atoms. The largest absolute Gasteiger partial charge is 0.197 e. The third-order valence-corrected chi connectivity index (χ3v) is 0. The van der Waals surface area contributed by atoms with Gasteiger partial charge in [0.05, 0.1) is 0 Å². The van der Waals surface area contributed by atoms with Crippen LogP contribution in [0.15, 0.2) is 0 Å². The van der Waals surface area contributed by atoms with Crippen molar-refractivity contribution in [2.24, 2.45) is 0 Å². The van der Waals surface area contributed by atoms with Gasteiger partial charge in [-0.15, -0.1) is 0 Å². The molecule has 2 N–H and O–H groups in total. The van der Waals surface area contributed by atoms with Crippen molar-refractivity contribution < 1.29 is 39.5 Å². The van der Waals surface area contributed by atoms with Gasteiger partial charge in [-0.25, -0.2) is 0 Å². The Hall–Kier alpha value is 1.51. The van der Waals surface area contributed by atoms with E-state index in [9.17, 15) is 0 Å². The molecule has 0 unspecified atom stereocenters. The van der Waals surface area contributed by atoms with Crippen LogP contribution in [0, 0.1) is 0 Å². The molecule has 0 radical (unpaired) electrons. The molecule has 0 saturated heterocycles. The zero-order chi connectivity index (χ0) is 3.58. The molecule has 0 rings (SSSR count). The average molecular weight is 275 g/mol. The van der Waals surface area contributed by atoms with E-state index in [0.29, 0.717) is 0 Å². The first-order chi connectivity index (χ1) is 1.73. The van der Waals surface area contributed by atoms with E-state index in [2.05, 4.69) is 0 Å². The van der Waals surface area contributed by atoms with Crippen molar-refractivity contribution in [1.29, 1.82) is 0 Å². The van der Waals surface area contributed by atoms with E-state index in [1.54, 1.807) is 0 Å². The van der Waals surface area contributed by atoms with Gasteiger partial charge in [0.2, 0.25) is 0 Å². The molecule has 6 heteroatoms. The normalized spacial score (nSPS) is 5.83. The fraction of sp³-hybridized carbons (Fsp3) is 0. The van der Waals surface area contributed by atoms with Gasteiger partial charge in [0.25, 0.3) is 0 Å². The monoisotopic (exact) mass is 278 g/mol. The Balaban J connectivity index is -0.0000000450. The molecule has 0 fully saturated rings. The minimum atomic E-state index is -3.29. The first-order valence-corrected chi connectivity index (χ1v) is 2.76. The van der Waals surface area contributed by atoms with Crippen LogP contribution >= 0.6 is 13.5 Å². The summed E-state index contributed by atoms with van der Waals surface area (Å²) >= 11 is -3.29. The van der Waals surface area contributed by atoms with Crippen LogP contribution in [0.25, 0.3) is 0 Å². The van der Waals surface area contributed by atoms with Crippen molar-refractivity contribution in [3.8, 4) is 0 Å². The van der Waals surface area contributed by atoms with Crippen molar-refractivity contribution in [3.05, 3.63) is 0 Å². The summed E-state index contributed by atoms with van der Waals surface area (Å²) in [5, 5.41) is 0. The summed E-state index contributed by atoms with van der Waals surface area (Å²) in [6.45, 7) is 0. The number of rotatable bonds is 0. The maximum absolute atomic E-state index is 8.76. The molecule has 0 heterocycles. The van der Waals surface area contributed by atoms with Gasteiger partial charge in [0, 0.05) is 27.3 Å². The molecular weight excluding hydrogens is 271 g/mol. The zero-order valence-electron chi connectivity index (χ0n) is 2.92. The van der Waals surface area contributed by atoms with Crippen molar-refractivity contribution in [1.82, 2.24) is 0 Å². The smallest absolute Gasteiger partial charge is 0 e. The zero-order valence-corrected chi connectivity index (χ0v) is 9.67. The van der Waals surface area contributed by atoms with E-state index in [4.69, 9.17) is 12.2 Å². The molecule has 0 aliphatic carbocycles. The molecule has 3 nitrogen and oxygen atoms in total. The Morgan fingerprint density at radius 1 is 1.33 bits per heavy atom. The van der Waals surface area contributed by atoms with Crippen molar-refractivity contribution in [2.45, 2.75) is 0 Å². The van der Waals surface area contributed by atoms with Gasteiger partial charge >= 0.3 is 26.7 Å². The fourth-order valence-corrected chi connectivity index (χ4v) is 0. The molecule has 0 spiro atoms. The average Bonchev–Trinajstić information content (AvgIpc) is 0.811. The van der Waals surface area contributed by atoms with E-state index < -0.39 is 14.5 Å². The van der Waals surface area contributed by atoms with Crippen molar-refractivity contribution in [2.75, 3.05) is 0 Å². The molecule has 0 aromatic heterocycles. The summed E-state index contributed by atoms with van der Waals surface area (Å²) in [6.07, 6.45) is 0. The predicted molar refractivity (Wildman–Crippen MR) is 21.3 cm³/mol. The van der Waals surface area contributed by atoms with Crippen LogP contribution in [0.5, 0.6) is 0 Å². The van der Waals surface area contributed by atoms with E-state index in [-0.39, 0.29) is 40.8 Å². The number of hydrogen-bond acceptors (Lipinski definition) is 1. The van der Waals surface area contributed by atoms with Gasteiger partial charge in [-0.1, -0.05) is 0 Å². The van der Waals surface area contributed by atoms with Crippen LogP contribution in [0.3, 0.4) is 0 Å². The summed E-state index contributed by atoms with van der Waals surface area (Å²) in [7, 11) is 0. The molecule has 0 atom stereocenters. The van der Waals surface area contributed by atoms with Crippen LogP contribution in [0.4, 0.5) is 0 Å². The van der Waals surface area contributed by atoms with Gasteiger partial charge in [0.1, 0.15) is 0 Å². The third-order valence-electron chi connectivity index (χ3n) is 0. The summed E-state index contributed by atoms with van der Waals surface area (Å²) in [5.41, 5.74) is 0. The second-order valence-electron chi connectivity index (χ2n) is 0.231.